The van der Waals surface area contributed by atoms with Gasteiger partial charge in [-0.1, -0.05) is 6.42 Å². The Morgan fingerprint density at radius 2 is 1.89 bits per heavy atom. The minimum absolute atomic E-state index is 0.0770. The predicted octanol–water partition coefficient (Wildman–Crippen LogP) is 1.82. The molecule has 4 bridgehead atoms. The minimum atomic E-state index is -3.51. The zero-order valence-corrected chi connectivity index (χ0v) is 16.9. The molecule has 1 aromatic rings. The summed E-state index contributed by atoms with van der Waals surface area (Å²) in [7, 11) is -3.51. The fourth-order valence-electron chi connectivity index (χ4n) is 6.17. The van der Waals surface area contributed by atoms with Crippen molar-refractivity contribution in [3.63, 3.8) is 0 Å². The maximum Gasteiger partial charge on any atom is 0.254 e. The van der Waals surface area contributed by atoms with Crippen molar-refractivity contribution in [3.8, 4) is 0 Å². The zero-order chi connectivity index (χ0) is 19.7. The van der Waals surface area contributed by atoms with Crippen LogP contribution in [0.25, 0.3) is 0 Å². The lowest BCUT2D eigenvalue weighted by Gasteiger charge is -2.58. The summed E-state index contributed by atoms with van der Waals surface area (Å²) in [5, 5.41) is 13.8. The van der Waals surface area contributed by atoms with Gasteiger partial charge in [0.1, 0.15) is 0 Å². The third kappa shape index (κ3) is 3.05. The van der Waals surface area contributed by atoms with Crippen LogP contribution in [0.2, 0.25) is 0 Å². The Kier molecular flexibility index (Phi) is 4.11. The molecule has 2 atom stereocenters. The van der Waals surface area contributed by atoms with Gasteiger partial charge in [-0.05, 0) is 62.7 Å². The zero-order valence-electron chi connectivity index (χ0n) is 16.1. The van der Waals surface area contributed by atoms with Crippen LogP contribution in [0.3, 0.4) is 0 Å². The third-order valence-corrected chi connectivity index (χ3v) is 8.26. The number of nitrogens with one attached hydrogen (secondary N) is 1. The molecule has 5 fully saturated rings. The highest BCUT2D eigenvalue weighted by molar-refractivity contribution is 7.90. The molecule has 0 saturated heterocycles. The van der Waals surface area contributed by atoms with Crippen molar-refractivity contribution in [2.45, 2.75) is 74.1 Å². The van der Waals surface area contributed by atoms with E-state index in [9.17, 15) is 18.3 Å². The smallest absolute Gasteiger partial charge is 0.254 e. The Bertz CT molecular complexity index is 911. The summed E-state index contributed by atoms with van der Waals surface area (Å²) in [6, 6.07) is 0.0770. The number of amides is 1. The molecule has 1 heterocycles. The van der Waals surface area contributed by atoms with E-state index in [1.165, 1.54) is 6.20 Å². The number of rotatable bonds is 4. The molecule has 2 unspecified atom stereocenters. The summed E-state index contributed by atoms with van der Waals surface area (Å²) in [5.74, 6) is 1.15. The van der Waals surface area contributed by atoms with Gasteiger partial charge in [0.2, 0.25) is 15.0 Å². The maximum absolute atomic E-state index is 13.1. The highest BCUT2D eigenvalue weighted by atomic mass is 32.2. The first-order valence-corrected chi connectivity index (χ1v) is 12.2. The van der Waals surface area contributed by atoms with Crippen LogP contribution < -0.4 is 5.32 Å². The molecule has 0 spiro atoms. The Morgan fingerprint density at radius 3 is 2.43 bits per heavy atom. The van der Waals surface area contributed by atoms with Crippen LogP contribution in [0.15, 0.2) is 11.4 Å². The van der Waals surface area contributed by atoms with Crippen LogP contribution in [0.5, 0.6) is 0 Å². The fourth-order valence-corrected chi connectivity index (χ4v) is 6.68. The number of carbonyl (C=O) groups is 1. The summed E-state index contributed by atoms with van der Waals surface area (Å²) >= 11 is 0. The standard InChI is InChI=1S/C20H27N3O4S/c1-28(26,27)19-21-10-15(17(23-19)12-3-2-4-12)18(24)22-16-13-5-11-6-14(16)9-20(25,7-11)8-13/h10-14,16,25H,2-9H2,1H3,(H,22,24)/t11?,13?,14?,16-,20+. The van der Waals surface area contributed by atoms with E-state index < -0.39 is 15.4 Å². The van der Waals surface area contributed by atoms with Crippen molar-refractivity contribution >= 4 is 15.7 Å². The highest BCUT2D eigenvalue weighted by Gasteiger charge is 2.55. The van der Waals surface area contributed by atoms with Crippen molar-refractivity contribution in [1.29, 1.82) is 0 Å². The molecule has 1 amide bonds. The summed E-state index contributed by atoms with van der Waals surface area (Å²) in [5.41, 5.74) is 0.445. The molecule has 7 nitrogen and oxygen atoms in total. The van der Waals surface area contributed by atoms with Gasteiger partial charge in [0.15, 0.2) is 0 Å². The monoisotopic (exact) mass is 405 g/mol. The van der Waals surface area contributed by atoms with Crippen molar-refractivity contribution in [2.75, 3.05) is 6.26 Å². The average Bonchev–Trinajstić information content (AvgIpc) is 2.54. The molecule has 0 aliphatic heterocycles. The van der Waals surface area contributed by atoms with Gasteiger partial charge >= 0.3 is 0 Å². The van der Waals surface area contributed by atoms with E-state index in [1.807, 2.05) is 0 Å². The third-order valence-electron chi connectivity index (χ3n) is 7.40. The van der Waals surface area contributed by atoms with Crippen LogP contribution in [0.4, 0.5) is 0 Å². The lowest BCUT2D eigenvalue weighted by atomic mass is 9.52. The quantitative estimate of drug-likeness (QED) is 0.740. The largest absolute Gasteiger partial charge is 0.390 e. The minimum Gasteiger partial charge on any atom is -0.390 e. The number of hydrogen-bond donors (Lipinski definition) is 2. The lowest BCUT2D eigenvalue weighted by molar-refractivity contribution is -0.136. The number of hydrogen-bond acceptors (Lipinski definition) is 6. The van der Waals surface area contributed by atoms with Gasteiger partial charge < -0.3 is 10.4 Å². The van der Waals surface area contributed by atoms with Gasteiger partial charge in [-0.2, -0.15) is 0 Å². The predicted molar refractivity (Wildman–Crippen MR) is 101 cm³/mol. The summed E-state index contributed by atoms with van der Waals surface area (Å²) in [4.78, 5) is 21.4. The van der Waals surface area contributed by atoms with E-state index in [-0.39, 0.29) is 23.0 Å². The molecule has 8 heteroatoms. The van der Waals surface area contributed by atoms with E-state index in [4.69, 9.17) is 0 Å². The molecule has 5 saturated carbocycles. The van der Waals surface area contributed by atoms with Crippen molar-refractivity contribution < 1.29 is 18.3 Å². The van der Waals surface area contributed by atoms with Gasteiger partial charge in [-0.15, -0.1) is 0 Å². The maximum atomic E-state index is 13.1. The first-order valence-electron chi connectivity index (χ1n) is 10.3. The molecule has 6 rings (SSSR count). The van der Waals surface area contributed by atoms with E-state index >= 15 is 0 Å². The molecular formula is C20H27N3O4S. The van der Waals surface area contributed by atoms with E-state index in [2.05, 4.69) is 15.3 Å². The second kappa shape index (κ2) is 6.23. The number of aliphatic hydroxyl groups is 1. The van der Waals surface area contributed by atoms with Crippen LogP contribution in [0.1, 0.15) is 73.3 Å². The van der Waals surface area contributed by atoms with Gasteiger partial charge in [0, 0.05) is 24.4 Å². The Labute approximate surface area is 165 Å². The van der Waals surface area contributed by atoms with Gasteiger partial charge in [0.05, 0.1) is 16.9 Å². The van der Waals surface area contributed by atoms with Gasteiger partial charge in [0.25, 0.3) is 5.91 Å². The number of aromatic nitrogens is 2. The van der Waals surface area contributed by atoms with E-state index in [0.29, 0.717) is 29.0 Å². The second-order valence-electron chi connectivity index (χ2n) is 9.55. The van der Waals surface area contributed by atoms with Crippen LogP contribution in [-0.4, -0.2) is 47.3 Å². The summed E-state index contributed by atoms with van der Waals surface area (Å²) in [6.45, 7) is 0. The SMILES string of the molecule is CS(=O)(=O)c1ncc(C(=O)N[C@H]2C3CC4CC2C[C@@](O)(C4)C3)c(C2CCC2)n1. The molecule has 1 aromatic heterocycles. The number of sulfone groups is 1. The summed E-state index contributed by atoms with van der Waals surface area (Å²) in [6.07, 6.45) is 9.97. The van der Waals surface area contributed by atoms with E-state index in [0.717, 1.165) is 57.6 Å². The van der Waals surface area contributed by atoms with Gasteiger partial charge in [-0.3, -0.25) is 4.79 Å². The molecule has 5 aliphatic rings. The van der Waals surface area contributed by atoms with Crippen molar-refractivity contribution in [3.05, 3.63) is 17.5 Å². The van der Waals surface area contributed by atoms with Crippen LogP contribution in [-0.2, 0) is 9.84 Å². The molecule has 0 radical (unpaired) electrons. The summed E-state index contributed by atoms with van der Waals surface area (Å²) < 4.78 is 23.7. The Hall–Kier alpha value is -1.54. The number of nitrogens with zero attached hydrogens (tertiary/aromatic N) is 2. The van der Waals surface area contributed by atoms with Crippen LogP contribution in [0, 0.1) is 17.8 Å². The van der Waals surface area contributed by atoms with Gasteiger partial charge in [-0.25, -0.2) is 18.4 Å². The van der Waals surface area contributed by atoms with E-state index in [1.54, 1.807) is 0 Å². The normalized spacial score (nSPS) is 36.9. The lowest BCUT2D eigenvalue weighted by Crippen LogP contribution is -2.61. The second-order valence-corrected chi connectivity index (χ2v) is 11.5. The van der Waals surface area contributed by atoms with Crippen molar-refractivity contribution in [1.82, 2.24) is 15.3 Å². The topological polar surface area (TPSA) is 109 Å². The molecule has 5 aliphatic carbocycles. The first kappa shape index (κ1) is 18.5. The van der Waals surface area contributed by atoms with Crippen molar-refractivity contribution in [2.24, 2.45) is 17.8 Å². The fraction of sp³-hybridized carbons (Fsp3) is 0.750. The Morgan fingerprint density at radius 1 is 1.21 bits per heavy atom. The first-order chi connectivity index (χ1) is 13.2. The molecule has 152 valence electrons. The molecule has 28 heavy (non-hydrogen) atoms. The highest BCUT2D eigenvalue weighted by Crippen LogP contribution is 2.55. The number of carbonyl (C=O) groups excluding carboxylic acids is 1. The molecule has 2 N–H and O–H groups in total. The van der Waals surface area contributed by atoms with Crippen LogP contribution >= 0.6 is 0 Å². The molecular weight excluding hydrogens is 378 g/mol. The molecule has 0 aromatic carbocycles. The average molecular weight is 406 g/mol. The Balaban J connectivity index is 1.41.